The zero-order valence-electron chi connectivity index (χ0n) is 34.7. The molecule has 0 saturated carbocycles. The minimum Gasteiger partial charge on any atom is -0.460 e. The molecule has 1 N–H and O–H groups in total. The molecule has 0 bridgehead atoms. The first-order valence-corrected chi connectivity index (χ1v) is 21.3. The summed E-state index contributed by atoms with van der Waals surface area (Å²) >= 11 is 5.66. The van der Waals surface area contributed by atoms with E-state index in [0.717, 1.165) is 56.8 Å². The molecule has 0 spiro atoms. The lowest BCUT2D eigenvalue weighted by Crippen LogP contribution is -2.16. The number of nitrogens with one attached hydrogen (secondary N) is 1. The van der Waals surface area contributed by atoms with Crippen LogP contribution in [0.4, 0.5) is 5.69 Å². The number of alkyl halides is 1. The number of hydrogen-bond donors (Lipinski definition) is 1. The number of anilines is 1. The van der Waals surface area contributed by atoms with Crippen LogP contribution in [0.15, 0.2) is 24.3 Å². The van der Waals surface area contributed by atoms with E-state index in [9.17, 15) is 4.79 Å². The molecule has 15 nitrogen and oxygen atoms in total. The van der Waals surface area contributed by atoms with Gasteiger partial charge in [0.2, 0.25) is 0 Å². The minimum absolute atomic E-state index is 0.188. The van der Waals surface area contributed by atoms with Gasteiger partial charge in [-0.1, -0.05) is 26.2 Å². The summed E-state index contributed by atoms with van der Waals surface area (Å²) in [5, 5.41) is 3.32. The molecule has 1 aromatic rings. The third-order valence-electron chi connectivity index (χ3n) is 7.71. The zero-order valence-corrected chi connectivity index (χ0v) is 35.5. The normalized spacial score (nSPS) is 11.4. The third kappa shape index (κ3) is 39.5. The molecule has 16 heteroatoms. The van der Waals surface area contributed by atoms with E-state index < -0.39 is 0 Å². The van der Waals surface area contributed by atoms with E-state index in [1.807, 2.05) is 12.1 Å². The fourth-order valence-corrected chi connectivity index (χ4v) is 4.77. The predicted molar refractivity (Wildman–Crippen MR) is 219 cm³/mol. The van der Waals surface area contributed by atoms with Crippen LogP contribution < -0.4 is 5.32 Å². The highest BCUT2D eigenvalue weighted by Gasteiger charge is 2.07. The SMILES string of the molecule is CCCCNc1ccc(C(=O)OCCOCCOCCOCCOCCOCCOCCOCCOCCOCCOCCOCCOCCCCCCCl)cc1. The van der Waals surface area contributed by atoms with Crippen molar-refractivity contribution < 1.29 is 66.4 Å². The number of rotatable bonds is 47. The van der Waals surface area contributed by atoms with Crippen molar-refractivity contribution in [2.24, 2.45) is 0 Å². The van der Waals surface area contributed by atoms with Crippen LogP contribution in [0.5, 0.6) is 0 Å². The molecule has 0 amide bonds. The second kappa shape index (κ2) is 45.4. The van der Waals surface area contributed by atoms with Gasteiger partial charge in [-0.3, -0.25) is 0 Å². The Morgan fingerprint density at radius 1 is 0.421 bits per heavy atom. The molecule has 0 unspecified atom stereocenters. The molecule has 0 aliphatic heterocycles. The lowest BCUT2D eigenvalue weighted by molar-refractivity contribution is -0.0288. The Morgan fingerprint density at radius 2 is 0.737 bits per heavy atom. The van der Waals surface area contributed by atoms with E-state index in [1.165, 1.54) is 6.42 Å². The van der Waals surface area contributed by atoms with Crippen molar-refractivity contribution >= 4 is 23.3 Å². The number of halogens is 1. The molecule has 0 fully saturated rings. The molecule has 1 rings (SSSR count). The standard InChI is InChI=1S/C41H74ClNO14/c1-2-3-13-43-40-10-8-39(9-11-40)41(44)57-38-37-56-36-35-55-34-33-54-32-31-53-30-29-52-28-27-51-26-25-50-24-23-49-22-21-48-20-19-47-18-17-46-16-15-45-14-7-5-4-6-12-42/h8-11,43H,2-7,12-38H2,1H3. The third-order valence-corrected chi connectivity index (χ3v) is 7.97. The van der Waals surface area contributed by atoms with Gasteiger partial charge in [0.1, 0.15) is 6.61 Å². The van der Waals surface area contributed by atoms with Crippen LogP contribution in [0.2, 0.25) is 0 Å². The predicted octanol–water partition coefficient (Wildman–Crippen LogP) is 5.05. The average Bonchev–Trinajstić information content (AvgIpc) is 3.23. The van der Waals surface area contributed by atoms with E-state index in [1.54, 1.807) is 12.1 Å². The Bertz CT molecular complexity index is 953. The second-order valence-corrected chi connectivity index (χ2v) is 12.8. The first-order chi connectivity index (χ1) is 28.3. The molecule has 0 aliphatic carbocycles. The maximum absolute atomic E-state index is 12.1. The Hall–Kier alpha value is -1.70. The van der Waals surface area contributed by atoms with Gasteiger partial charge >= 0.3 is 5.97 Å². The minimum atomic E-state index is -0.362. The highest BCUT2D eigenvalue weighted by Crippen LogP contribution is 2.11. The van der Waals surface area contributed by atoms with Crippen LogP contribution in [0, 0.1) is 0 Å². The van der Waals surface area contributed by atoms with E-state index in [4.69, 9.17) is 73.2 Å². The van der Waals surface area contributed by atoms with E-state index in [-0.39, 0.29) is 12.6 Å². The second-order valence-electron chi connectivity index (χ2n) is 12.4. The van der Waals surface area contributed by atoms with Gasteiger partial charge in [0.15, 0.2) is 0 Å². The van der Waals surface area contributed by atoms with Crippen molar-refractivity contribution in [1.82, 2.24) is 0 Å². The van der Waals surface area contributed by atoms with E-state index in [0.29, 0.717) is 158 Å². The molecule has 57 heavy (non-hydrogen) atoms. The molecule has 334 valence electrons. The number of hydrogen-bond acceptors (Lipinski definition) is 15. The summed E-state index contributed by atoms with van der Waals surface area (Å²) in [7, 11) is 0. The molecule has 0 heterocycles. The highest BCUT2D eigenvalue weighted by atomic mass is 35.5. The van der Waals surface area contributed by atoms with Crippen LogP contribution in [-0.4, -0.2) is 184 Å². The monoisotopic (exact) mass is 839 g/mol. The summed E-state index contributed by atoms with van der Waals surface area (Å²) in [6.45, 7) is 15.4. The van der Waals surface area contributed by atoms with Crippen LogP contribution >= 0.6 is 11.6 Å². The lowest BCUT2D eigenvalue weighted by atomic mass is 10.2. The van der Waals surface area contributed by atoms with Gasteiger partial charge in [0.05, 0.1) is 158 Å². The maximum atomic E-state index is 12.1. The topological polar surface area (TPSA) is 149 Å². The van der Waals surface area contributed by atoms with Crippen molar-refractivity contribution in [2.45, 2.75) is 45.4 Å². The zero-order chi connectivity index (χ0) is 40.8. The fraction of sp³-hybridized carbons (Fsp3) is 0.829. The summed E-state index contributed by atoms with van der Waals surface area (Å²) < 4.78 is 71.2. The van der Waals surface area contributed by atoms with Gasteiger partial charge in [0, 0.05) is 24.7 Å². The van der Waals surface area contributed by atoms with Crippen LogP contribution in [0.3, 0.4) is 0 Å². The van der Waals surface area contributed by atoms with Crippen molar-refractivity contribution in [3.8, 4) is 0 Å². The Kier molecular flexibility index (Phi) is 42.5. The molecule has 0 saturated heterocycles. The van der Waals surface area contributed by atoms with Crippen molar-refractivity contribution in [1.29, 1.82) is 0 Å². The van der Waals surface area contributed by atoms with Gasteiger partial charge < -0.3 is 66.9 Å². The lowest BCUT2D eigenvalue weighted by Gasteiger charge is -2.09. The number of benzene rings is 1. The first-order valence-electron chi connectivity index (χ1n) is 20.8. The molecule has 0 aliphatic rings. The number of carbonyl (C=O) groups is 1. The van der Waals surface area contributed by atoms with Crippen LogP contribution in [0.1, 0.15) is 55.8 Å². The quantitative estimate of drug-likeness (QED) is 0.0530. The average molecular weight is 840 g/mol. The summed E-state index contributed by atoms with van der Waals surface area (Å²) in [6.07, 6.45) is 6.72. The van der Waals surface area contributed by atoms with Crippen molar-refractivity contribution in [3.63, 3.8) is 0 Å². The maximum Gasteiger partial charge on any atom is 0.338 e. The molecule has 0 aromatic heterocycles. The fourth-order valence-electron chi connectivity index (χ4n) is 4.58. The molecular weight excluding hydrogens is 766 g/mol. The Morgan fingerprint density at radius 3 is 1.07 bits per heavy atom. The summed E-state index contributed by atoms with van der Waals surface area (Å²) in [5.74, 6) is 0.377. The number of unbranched alkanes of at least 4 members (excludes halogenated alkanes) is 4. The molecule has 0 radical (unpaired) electrons. The van der Waals surface area contributed by atoms with Gasteiger partial charge in [-0.2, -0.15) is 0 Å². The van der Waals surface area contributed by atoms with Crippen molar-refractivity contribution in [3.05, 3.63) is 29.8 Å². The van der Waals surface area contributed by atoms with E-state index in [2.05, 4.69) is 12.2 Å². The Balaban J connectivity index is 1.66. The molecule has 0 atom stereocenters. The first kappa shape index (κ1) is 53.3. The van der Waals surface area contributed by atoms with Crippen molar-refractivity contribution in [2.75, 3.05) is 183 Å². The number of ether oxygens (including phenoxy) is 13. The summed E-state index contributed by atoms with van der Waals surface area (Å²) in [5.41, 5.74) is 1.51. The smallest absolute Gasteiger partial charge is 0.338 e. The molecule has 1 aromatic carbocycles. The van der Waals surface area contributed by atoms with Crippen LogP contribution in [-0.2, 0) is 61.6 Å². The largest absolute Gasteiger partial charge is 0.460 e. The Labute approximate surface area is 347 Å². The van der Waals surface area contributed by atoms with Gasteiger partial charge in [-0.05, 0) is 43.5 Å². The number of carbonyl (C=O) groups excluding carboxylic acids is 1. The van der Waals surface area contributed by atoms with E-state index >= 15 is 0 Å². The van der Waals surface area contributed by atoms with Gasteiger partial charge in [-0.15, -0.1) is 11.6 Å². The summed E-state index contributed by atoms with van der Waals surface area (Å²) in [6, 6.07) is 7.29. The van der Waals surface area contributed by atoms with Gasteiger partial charge in [0.25, 0.3) is 0 Å². The van der Waals surface area contributed by atoms with Crippen LogP contribution in [0.25, 0.3) is 0 Å². The van der Waals surface area contributed by atoms with Gasteiger partial charge in [-0.25, -0.2) is 4.79 Å². The number of esters is 1. The summed E-state index contributed by atoms with van der Waals surface area (Å²) in [4.78, 5) is 12.1. The molecular formula is C41H74ClNO14. The highest BCUT2D eigenvalue weighted by molar-refractivity contribution is 6.17.